The minimum atomic E-state index is -4.40. The van der Waals surface area contributed by atoms with E-state index >= 15 is 0 Å². The third-order valence-electron chi connectivity index (χ3n) is 2.58. The zero-order valence-corrected chi connectivity index (χ0v) is 10.1. The number of halogens is 3. The van der Waals surface area contributed by atoms with Crippen LogP contribution in [-0.2, 0) is 9.53 Å². The molecule has 0 saturated heterocycles. The van der Waals surface area contributed by atoms with E-state index in [0.717, 1.165) is 12.8 Å². The van der Waals surface area contributed by atoms with Crippen LogP contribution in [0.25, 0.3) is 0 Å². The zero-order valence-electron chi connectivity index (χ0n) is 10.1. The third-order valence-corrected chi connectivity index (χ3v) is 2.58. The Hall–Kier alpha value is -1.51. The van der Waals surface area contributed by atoms with E-state index in [9.17, 15) is 18.0 Å². The van der Waals surface area contributed by atoms with Gasteiger partial charge < -0.3 is 21.0 Å². The number of amides is 1. The van der Waals surface area contributed by atoms with Gasteiger partial charge in [0.15, 0.2) is 5.84 Å². The molecule has 0 aromatic heterocycles. The predicted molar refractivity (Wildman–Crippen MR) is 59.6 cm³/mol. The second-order valence-electron chi connectivity index (χ2n) is 4.33. The highest BCUT2D eigenvalue weighted by Crippen LogP contribution is 2.32. The van der Waals surface area contributed by atoms with E-state index < -0.39 is 24.7 Å². The van der Waals surface area contributed by atoms with Crippen LogP contribution in [0, 0.1) is 5.92 Å². The Balaban J connectivity index is 2.26. The second kappa shape index (κ2) is 6.60. The number of alkyl halides is 3. The van der Waals surface area contributed by atoms with Crippen molar-refractivity contribution in [2.75, 3.05) is 13.2 Å². The number of ether oxygens (including phenoxy) is 1. The van der Waals surface area contributed by atoms with E-state index in [-0.39, 0.29) is 24.8 Å². The standard InChI is InChI=1S/C10H16F3N3O3/c11-10(12,13)5-19-4-3-7(17)15-8(6-1-2-6)9(14)16-18/h6,8,18H,1-5H2,(H2,14,16)(H,15,17). The molecule has 1 atom stereocenters. The Labute approximate surface area is 107 Å². The van der Waals surface area contributed by atoms with Gasteiger partial charge in [-0.2, -0.15) is 13.2 Å². The molecule has 19 heavy (non-hydrogen) atoms. The van der Waals surface area contributed by atoms with Gasteiger partial charge in [0.05, 0.1) is 12.6 Å². The van der Waals surface area contributed by atoms with Crippen molar-refractivity contribution in [2.24, 2.45) is 16.8 Å². The van der Waals surface area contributed by atoms with E-state index in [2.05, 4.69) is 15.2 Å². The number of carbonyl (C=O) groups excluding carboxylic acids is 1. The van der Waals surface area contributed by atoms with Gasteiger partial charge >= 0.3 is 6.18 Å². The molecule has 1 rings (SSSR count). The maximum absolute atomic E-state index is 11.8. The fourth-order valence-corrected chi connectivity index (χ4v) is 1.52. The smallest absolute Gasteiger partial charge is 0.409 e. The molecule has 1 amide bonds. The summed E-state index contributed by atoms with van der Waals surface area (Å²) in [6, 6.07) is -0.569. The monoisotopic (exact) mass is 283 g/mol. The first-order valence-electron chi connectivity index (χ1n) is 5.74. The number of oxime groups is 1. The normalized spacial score (nSPS) is 18.2. The van der Waals surface area contributed by atoms with Gasteiger partial charge in [-0.05, 0) is 18.8 Å². The summed E-state index contributed by atoms with van der Waals surface area (Å²) in [6.07, 6.45) is -2.91. The Kier molecular flexibility index (Phi) is 5.40. The van der Waals surface area contributed by atoms with Gasteiger partial charge in [-0.25, -0.2) is 0 Å². The molecule has 0 bridgehead atoms. The first kappa shape index (κ1) is 15.5. The van der Waals surface area contributed by atoms with Crippen LogP contribution in [0.2, 0.25) is 0 Å². The maximum atomic E-state index is 11.8. The average molecular weight is 283 g/mol. The van der Waals surface area contributed by atoms with Crippen molar-refractivity contribution >= 4 is 11.7 Å². The van der Waals surface area contributed by atoms with E-state index in [1.807, 2.05) is 0 Å². The van der Waals surface area contributed by atoms with Crippen LogP contribution in [0.5, 0.6) is 0 Å². The molecule has 1 aliphatic rings. The Morgan fingerprint density at radius 3 is 2.63 bits per heavy atom. The van der Waals surface area contributed by atoms with Gasteiger partial charge in [-0.3, -0.25) is 4.79 Å². The number of hydrogen-bond acceptors (Lipinski definition) is 4. The van der Waals surface area contributed by atoms with Crippen molar-refractivity contribution in [3.63, 3.8) is 0 Å². The van der Waals surface area contributed by atoms with Crippen LogP contribution in [-0.4, -0.2) is 42.4 Å². The van der Waals surface area contributed by atoms with Crippen molar-refractivity contribution in [3.8, 4) is 0 Å². The lowest BCUT2D eigenvalue weighted by atomic mass is 10.1. The van der Waals surface area contributed by atoms with Crippen LogP contribution >= 0.6 is 0 Å². The predicted octanol–water partition coefficient (Wildman–Crippen LogP) is 0.597. The summed E-state index contributed by atoms with van der Waals surface area (Å²) in [5.41, 5.74) is 5.42. The van der Waals surface area contributed by atoms with Crippen molar-refractivity contribution in [3.05, 3.63) is 0 Å². The van der Waals surface area contributed by atoms with Gasteiger partial charge in [0.1, 0.15) is 6.61 Å². The second-order valence-corrected chi connectivity index (χ2v) is 4.33. The molecule has 110 valence electrons. The first-order valence-corrected chi connectivity index (χ1v) is 5.74. The quantitative estimate of drug-likeness (QED) is 0.209. The van der Waals surface area contributed by atoms with Crippen LogP contribution < -0.4 is 11.1 Å². The minimum absolute atomic E-state index is 0.105. The number of amidine groups is 1. The maximum Gasteiger partial charge on any atom is 0.411 e. The molecule has 1 aliphatic carbocycles. The lowest BCUT2D eigenvalue weighted by Gasteiger charge is -2.16. The molecular formula is C10H16F3N3O3. The number of hydrogen-bond donors (Lipinski definition) is 3. The van der Waals surface area contributed by atoms with Gasteiger partial charge in [0, 0.05) is 6.42 Å². The lowest BCUT2D eigenvalue weighted by Crippen LogP contribution is -2.46. The van der Waals surface area contributed by atoms with Gasteiger partial charge in [0.2, 0.25) is 5.91 Å². The van der Waals surface area contributed by atoms with E-state index in [4.69, 9.17) is 10.9 Å². The van der Waals surface area contributed by atoms with E-state index in [1.54, 1.807) is 0 Å². The molecule has 0 aromatic carbocycles. The largest absolute Gasteiger partial charge is 0.411 e. The summed E-state index contributed by atoms with van der Waals surface area (Å²) in [7, 11) is 0. The molecule has 4 N–H and O–H groups in total. The number of nitrogens with one attached hydrogen (secondary N) is 1. The molecule has 1 fully saturated rings. The molecule has 0 radical (unpaired) electrons. The fraction of sp³-hybridized carbons (Fsp3) is 0.800. The number of carbonyl (C=O) groups is 1. The molecule has 1 unspecified atom stereocenters. The molecule has 9 heteroatoms. The van der Waals surface area contributed by atoms with Crippen molar-refractivity contribution in [1.82, 2.24) is 5.32 Å². The summed E-state index contributed by atoms with van der Waals surface area (Å²) in [5, 5.41) is 13.9. The number of nitrogens with two attached hydrogens (primary N) is 1. The van der Waals surface area contributed by atoms with Crippen molar-refractivity contribution in [2.45, 2.75) is 31.5 Å². The van der Waals surface area contributed by atoms with Gasteiger partial charge in [-0.15, -0.1) is 0 Å². The summed E-state index contributed by atoms with van der Waals surface area (Å²) >= 11 is 0. The van der Waals surface area contributed by atoms with E-state index in [1.165, 1.54) is 0 Å². The molecule has 0 heterocycles. The molecule has 0 aliphatic heterocycles. The highest BCUT2D eigenvalue weighted by atomic mass is 19.4. The minimum Gasteiger partial charge on any atom is -0.409 e. The third kappa shape index (κ3) is 6.27. The molecule has 0 spiro atoms. The lowest BCUT2D eigenvalue weighted by molar-refractivity contribution is -0.174. The summed E-state index contributed by atoms with van der Waals surface area (Å²) in [6.45, 7) is -1.72. The Bertz CT molecular complexity index is 343. The SMILES string of the molecule is NC(=NO)C(NC(=O)CCOCC(F)(F)F)C1CC1. The number of rotatable bonds is 7. The summed E-state index contributed by atoms with van der Waals surface area (Å²) in [4.78, 5) is 11.5. The van der Waals surface area contributed by atoms with E-state index in [0.29, 0.717) is 0 Å². The van der Waals surface area contributed by atoms with Crippen LogP contribution in [0.4, 0.5) is 13.2 Å². The van der Waals surface area contributed by atoms with Gasteiger partial charge in [0.25, 0.3) is 0 Å². The average Bonchev–Trinajstić information content (AvgIpc) is 3.13. The van der Waals surface area contributed by atoms with Gasteiger partial charge in [-0.1, -0.05) is 5.16 Å². The van der Waals surface area contributed by atoms with Crippen LogP contribution in [0.15, 0.2) is 5.16 Å². The zero-order chi connectivity index (χ0) is 14.5. The molecule has 6 nitrogen and oxygen atoms in total. The Morgan fingerprint density at radius 1 is 1.53 bits per heavy atom. The van der Waals surface area contributed by atoms with Crippen LogP contribution in [0.1, 0.15) is 19.3 Å². The van der Waals surface area contributed by atoms with Crippen molar-refractivity contribution < 1.29 is 27.9 Å². The topological polar surface area (TPSA) is 96.9 Å². The fourth-order valence-electron chi connectivity index (χ4n) is 1.52. The molecular weight excluding hydrogens is 267 g/mol. The molecule has 1 saturated carbocycles. The highest BCUT2D eigenvalue weighted by Gasteiger charge is 2.35. The summed E-state index contributed by atoms with van der Waals surface area (Å²) in [5.74, 6) is -0.478. The van der Waals surface area contributed by atoms with Crippen molar-refractivity contribution in [1.29, 1.82) is 0 Å². The first-order chi connectivity index (χ1) is 8.83. The number of nitrogens with zero attached hydrogens (tertiary/aromatic N) is 1. The van der Waals surface area contributed by atoms with Crippen LogP contribution in [0.3, 0.4) is 0 Å². The molecule has 0 aromatic rings. The summed E-state index contributed by atoms with van der Waals surface area (Å²) < 4.78 is 39.6. The Morgan fingerprint density at radius 2 is 2.16 bits per heavy atom. The highest BCUT2D eigenvalue weighted by molar-refractivity contribution is 5.90.